The molecule has 0 aliphatic carbocycles. The first kappa shape index (κ1) is 22.2. The summed E-state index contributed by atoms with van der Waals surface area (Å²) in [6.45, 7) is 8.50. The van der Waals surface area contributed by atoms with Gasteiger partial charge in [-0.25, -0.2) is 9.59 Å². The second kappa shape index (κ2) is 11.7. The molecular weight excluding hydrogens is 320 g/mol. The molecule has 0 heterocycles. The Hall–Kier alpha value is -2.82. The molecule has 0 amide bonds. The summed E-state index contributed by atoms with van der Waals surface area (Å²) in [6, 6.07) is 19.6. The highest BCUT2D eigenvalue weighted by Gasteiger charge is 2.21. The lowest BCUT2D eigenvalue weighted by molar-refractivity contribution is 0.0523. The van der Waals surface area contributed by atoms with Crippen LogP contribution in [0.15, 0.2) is 60.7 Å². The summed E-state index contributed by atoms with van der Waals surface area (Å²) in [5.41, 5.74) is 1.67. The molecule has 0 atom stereocenters. The Kier molecular flexibility index (Phi) is 10.4. The average molecular weight is 346 g/mol. The third-order valence-electron chi connectivity index (χ3n) is 2.90. The van der Waals surface area contributed by atoms with Crippen LogP contribution >= 0.6 is 0 Å². The third kappa shape index (κ3) is 10.5. The van der Waals surface area contributed by atoms with Gasteiger partial charge in [-0.1, -0.05) is 75.4 Å². The Labute approximate surface area is 148 Å². The second-order valence-electron chi connectivity index (χ2n) is 5.95. The van der Waals surface area contributed by atoms with E-state index in [1.165, 1.54) is 0 Å². The number of esters is 1. The van der Waals surface area contributed by atoms with Gasteiger partial charge in [0.1, 0.15) is 0 Å². The summed E-state index contributed by atoms with van der Waals surface area (Å²) in [7, 11) is 0. The quantitative estimate of drug-likeness (QED) is 0.742. The first-order valence-corrected chi connectivity index (χ1v) is 7.88. The summed E-state index contributed by atoms with van der Waals surface area (Å²) in [5.74, 6) is -0.233. The van der Waals surface area contributed by atoms with Crippen molar-refractivity contribution in [1.29, 1.82) is 0 Å². The molecule has 5 heteroatoms. The smallest absolute Gasteiger partial charge is 0.462 e. The minimum Gasteiger partial charge on any atom is -0.462 e. The predicted octanol–water partition coefficient (Wildman–Crippen LogP) is 5.07. The van der Waals surface area contributed by atoms with Crippen molar-refractivity contribution < 1.29 is 24.5 Å². The lowest BCUT2D eigenvalue weighted by Gasteiger charge is -2.21. The van der Waals surface area contributed by atoms with E-state index in [0.29, 0.717) is 12.2 Å². The van der Waals surface area contributed by atoms with E-state index in [2.05, 4.69) is 20.8 Å². The van der Waals surface area contributed by atoms with Crippen molar-refractivity contribution in [3.8, 4) is 0 Å². The van der Waals surface area contributed by atoms with Gasteiger partial charge in [0.2, 0.25) is 0 Å². The van der Waals surface area contributed by atoms with E-state index in [1.54, 1.807) is 0 Å². The Morgan fingerprint density at radius 2 is 1.28 bits per heavy atom. The largest absolute Gasteiger partial charge is 0.503 e. The molecule has 0 aliphatic rings. The zero-order chi connectivity index (χ0) is 19.3. The van der Waals surface area contributed by atoms with Crippen LogP contribution in [-0.4, -0.2) is 28.9 Å². The van der Waals surface area contributed by atoms with Gasteiger partial charge in [-0.3, -0.25) is 0 Å². The van der Waals surface area contributed by atoms with Crippen molar-refractivity contribution in [1.82, 2.24) is 0 Å². The van der Waals surface area contributed by atoms with Gasteiger partial charge in [0.15, 0.2) is 0 Å². The molecule has 0 bridgehead atoms. The molecule has 0 aliphatic heterocycles. The Balaban J connectivity index is 0.000000470. The SMILES string of the molecule is CCOC(=O)c1ccccc1C(C)(C)C.O=C(O)O.c1ccccc1. The van der Waals surface area contributed by atoms with E-state index in [0.717, 1.165) is 5.56 Å². The lowest BCUT2D eigenvalue weighted by atomic mass is 9.84. The number of carbonyl (C=O) groups is 2. The van der Waals surface area contributed by atoms with E-state index < -0.39 is 6.16 Å². The molecule has 0 radical (unpaired) electrons. The Bertz CT molecular complexity index is 599. The molecule has 5 nitrogen and oxygen atoms in total. The van der Waals surface area contributed by atoms with E-state index in [-0.39, 0.29) is 11.4 Å². The van der Waals surface area contributed by atoms with Crippen LogP contribution in [0.2, 0.25) is 0 Å². The summed E-state index contributed by atoms with van der Waals surface area (Å²) < 4.78 is 5.02. The van der Waals surface area contributed by atoms with Crippen LogP contribution in [0.1, 0.15) is 43.6 Å². The fraction of sp³-hybridized carbons (Fsp3) is 0.300. The minimum absolute atomic E-state index is 0.0383. The zero-order valence-electron chi connectivity index (χ0n) is 15.1. The highest BCUT2D eigenvalue weighted by Crippen LogP contribution is 2.26. The van der Waals surface area contributed by atoms with Gasteiger partial charge >= 0.3 is 12.1 Å². The van der Waals surface area contributed by atoms with Crippen LogP contribution < -0.4 is 0 Å². The van der Waals surface area contributed by atoms with Gasteiger partial charge in [0, 0.05) is 0 Å². The van der Waals surface area contributed by atoms with Gasteiger partial charge in [-0.15, -0.1) is 0 Å². The van der Waals surface area contributed by atoms with Crippen LogP contribution in [0, 0.1) is 0 Å². The molecule has 0 saturated heterocycles. The maximum atomic E-state index is 11.7. The van der Waals surface area contributed by atoms with E-state index in [9.17, 15) is 4.79 Å². The molecule has 0 fully saturated rings. The number of benzene rings is 2. The van der Waals surface area contributed by atoms with Crippen molar-refractivity contribution in [2.45, 2.75) is 33.1 Å². The Morgan fingerprint density at radius 3 is 1.64 bits per heavy atom. The topological polar surface area (TPSA) is 83.8 Å². The van der Waals surface area contributed by atoms with Crippen LogP contribution in [0.5, 0.6) is 0 Å². The molecule has 2 aromatic rings. The van der Waals surface area contributed by atoms with E-state index in [4.69, 9.17) is 19.7 Å². The molecular formula is C20H26O5. The maximum Gasteiger partial charge on any atom is 0.503 e. The van der Waals surface area contributed by atoms with Crippen LogP contribution in [0.4, 0.5) is 4.79 Å². The maximum absolute atomic E-state index is 11.7. The van der Waals surface area contributed by atoms with Crippen molar-refractivity contribution in [2.24, 2.45) is 0 Å². The summed E-state index contributed by atoms with van der Waals surface area (Å²) in [6.07, 6.45) is -1.83. The van der Waals surface area contributed by atoms with Gasteiger partial charge in [0.05, 0.1) is 12.2 Å². The number of ether oxygens (including phenoxy) is 1. The predicted molar refractivity (Wildman–Crippen MR) is 98.2 cm³/mol. The minimum atomic E-state index is -1.83. The number of carbonyl (C=O) groups excluding carboxylic acids is 1. The fourth-order valence-electron chi connectivity index (χ4n) is 1.91. The highest BCUT2D eigenvalue weighted by molar-refractivity contribution is 5.91. The molecule has 2 N–H and O–H groups in total. The molecule has 0 spiro atoms. The number of hydrogen-bond donors (Lipinski definition) is 2. The lowest BCUT2D eigenvalue weighted by Crippen LogP contribution is -2.18. The van der Waals surface area contributed by atoms with Gasteiger partial charge in [0.25, 0.3) is 0 Å². The summed E-state index contributed by atoms with van der Waals surface area (Å²) in [4.78, 5) is 20.2. The van der Waals surface area contributed by atoms with Crippen molar-refractivity contribution in [3.05, 3.63) is 71.8 Å². The first-order valence-electron chi connectivity index (χ1n) is 7.88. The van der Waals surface area contributed by atoms with Crippen molar-refractivity contribution in [2.75, 3.05) is 6.61 Å². The number of hydrogen-bond acceptors (Lipinski definition) is 3. The van der Waals surface area contributed by atoms with Crippen LogP contribution in [-0.2, 0) is 10.2 Å². The number of carboxylic acid groups (broad SMARTS) is 2. The Morgan fingerprint density at radius 1 is 0.880 bits per heavy atom. The summed E-state index contributed by atoms with van der Waals surface area (Å²) in [5, 5.41) is 13.9. The molecule has 2 rings (SSSR count). The second-order valence-corrected chi connectivity index (χ2v) is 5.95. The van der Waals surface area contributed by atoms with Gasteiger partial charge in [-0.2, -0.15) is 0 Å². The summed E-state index contributed by atoms with van der Waals surface area (Å²) >= 11 is 0. The molecule has 0 saturated carbocycles. The standard InChI is InChI=1S/C13H18O2.C6H6.CH2O3/c1-5-15-12(14)10-8-6-7-9-11(10)13(2,3)4;1-2-4-6-5-3-1;2-1(3)4/h6-9H,5H2,1-4H3;1-6H;(H2,2,3,4). The van der Waals surface area contributed by atoms with Gasteiger partial charge < -0.3 is 14.9 Å². The molecule has 136 valence electrons. The number of rotatable bonds is 2. The van der Waals surface area contributed by atoms with Crippen LogP contribution in [0.3, 0.4) is 0 Å². The third-order valence-corrected chi connectivity index (χ3v) is 2.90. The van der Waals surface area contributed by atoms with E-state index >= 15 is 0 Å². The molecule has 0 unspecified atom stereocenters. The van der Waals surface area contributed by atoms with Crippen molar-refractivity contribution in [3.63, 3.8) is 0 Å². The van der Waals surface area contributed by atoms with Crippen molar-refractivity contribution >= 4 is 12.1 Å². The average Bonchev–Trinajstić information content (AvgIpc) is 2.56. The fourth-order valence-corrected chi connectivity index (χ4v) is 1.91. The molecule has 25 heavy (non-hydrogen) atoms. The molecule has 2 aromatic carbocycles. The highest BCUT2D eigenvalue weighted by atomic mass is 16.6. The zero-order valence-corrected chi connectivity index (χ0v) is 15.1. The van der Waals surface area contributed by atoms with Gasteiger partial charge in [-0.05, 0) is 24.0 Å². The van der Waals surface area contributed by atoms with Crippen LogP contribution in [0.25, 0.3) is 0 Å². The normalized spacial score (nSPS) is 9.60. The van der Waals surface area contributed by atoms with E-state index in [1.807, 2.05) is 67.6 Å². The first-order chi connectivity index (χ1) is 11.7. The molecule has 0 aromatic heterocycles. The monoisotopic (exact) mass is 346 g/mol.